The number of nitrogens with one attached hydrogen (secondary N) is 2. The summed E-state index contributed by atoms with van der Waals surface area (Å²) in [7, 11) is 0. The third kappa shape index (κ3) is 4.19. The number of carboxylic acid groups (broad SMARTS) is 1. The van der Waals surface area contributed by atoms with Gasteiger partial charge in [0.25, 0.3) is 0 Å². The van der Waals surface area contributed by atoms with Gasteiger partial charge < -0.3 is 15.3 Å². The van der Waals surface area contributed by atoms with Gasteiger partial charge in [0.2, 0.25) is 0 Å². The Morgan fingerprint density at radius 2 is 2.10 bits per heavy atom. The Morgan fingerprint density at radius 1 is 1.35 bits per heavy atom. The first kappa shape index (κ1) is 14.3. The van der Waals surface area contributed by atoms with Gasteiger partial charge in [-0.1, -0.05) is 0 Å². The van der Waals surface area contributed by atoms with Crippen LogP contribution in [-0.4, -0.2) is 74.8 Å². The first-order chi connectivity index (χ1) is 9.65. The highest BCUT2D eigenvalue weighted by Crippen LogP contribution is 2.03. The predicted molar refractivity (Wildman–Crippen MR) is 68.9 cm³/mol. The Balaban J connectivity index is 1.67. The maximum Gasteiger partial charge on any atom is 0.317 e. The van der Waals surface area contributed by atoms with Gasteiger partial charge in [-0.05, 0) is 0 Å². The second-order valence-corrected chi connectivity index (χ2v) is 4.56. The summed E-state index contributed by atoms with van der Waals surface area (Å²) in [6, 6.07) is -0.140. The lowest BCUT2D eigenvalue weighted by atomic mass is 10.3. The SMILES string of the molecule is O=C(O)CCN1CCN(C(=O)NCc2ncn[nH]2)CC1. The van der Waals surface area contributed by atoms with Crippen molar-refractivity contribution in [1.29, 1.82) is 0 Å². The number of carbonyl (C=O) groups excluding carboxylic acids is 1. The van der Waals surface area contributed by atoms with Crippen LogP contribution < -0.4 is 5.32 Å². The van der Waals surface area contributed by atoms with Crippen molar-refractivity contribution in [2.75, 3.05) is 32.7 Å². The van der Waals surface area contributed by atoms with Crippen LogP contribution in [0.3, 0.4) is 0 Å². The van der Waals surface area contributed by atoms with E-state index >= 15 is 0 Å². The van der Waals surface area contributed by atoms with Crippen LogP contribution in [-0.2, 0) is 11.3 Å². The molecule has 9 nitrogen and oxygen atoms in total. The molecule has 0 spiro atoms. The molecule has 0 bridgehead atoms. The molecule has 2 rings (SSSR count). The summed E-state index contributed by atoms with van der Waals surface area (Å²) in [5.41, 5.74) is 0. The van der Waals surface area contributed by atoms with Crippen LogP contribution >= 0.6 is 0 Å². The van der Waals surface area contributed by atoms with Crippen molar-refractivity contribution in [3.8, 4) is 0 Å². The summed E-state index contributed by atoms with van der Waals surface area (Å²) in [6.07, 6.45) is 1.53. The van der Waals surface area contributed by atoms with Gasteiger partial charge in [-0.15, -0.1) is 0 Å². The first-order valence-electron chi connectivity index (χ1n) is 6.46. The van der Waals surface area contributed by atoms with Crippen molar-refractivity contribution < 1.29 is 14.7 Å². The van der Waals surface area contributed by atoms with Gasteiger partial charge in [0.15, 0.2) is 0 Å². The minimum absolute atomic E-state index is 0.137. The first-order valence-corrected chi connectivity index (χ1v) is 6.46. The average molecular weight is 282 g/mol. The second-order valence-electron chi connectivity index (χ2n) is 4.56. The van der Waals surface area contributed by atoms with E-state index in [1.54, 1.807) is 4.90 Å². The highest BCUT2D eigenvalue weighted by molar-refractivity contribution is 5.74. The van der Waals surface area contributed by atoms with E-state index < -0.39 is 5.97 Å². The van der Waals surface area contributed by atoms with Crippen LogP contribution in [0.4, 0.5) is 4.79 Å². The zero-order valence-corrected chi connectivity index (χ0v) is 11.1. The van der Waals surface area contributed by atoms with E-state index in [2.05, 4.69) is 20.5 Å². The van der Waals surface area contributed by atoms with E-state index in [1.165, 1.54) is 6.33 Å². The Labute approximate surface area is 116 Å². The van der Waals surface area contributed by atoms with E-state index in [1.807, 2.05) is 4.90 Å². The van der Waals surface area contributed by atoms with Gasteiger partial charge in [-0.3, -0.25) is 14.8 Å². The number of aromatic amines is 1. The van der Waals surface area contributed by atoms with E-state index in [0.29, 0.717) is 45.1 Å². The number of amides is 2. The molecule has 0 aliphatic carbocycles. The zero-order chi connectivity index (χ0) is 14.4. The molecular formula is C11H18N6O3. The minimum atomic E-state index is -0.794. The molecule has 0 unspecified atom stereocenters. The van der Waals surface area contributed by atoms with Crippen LogP contribution in [0.2, 0.25) is 0 Å². The van der Waals surface area contributed by atoms with Crippen LogP contribution in [0.15, 0.2) is 6.33 Å². The summed E-state index contributed by atoms with van der Waals surface area (Å²) in [5, 5.41) is 17.8. The number of carboxylic acids is 1. The van der Waals surface area contributed by atoms with Crippen molar-refractivity contribution >= 4 is 12.0 Å². The molecule has 110 valence electrons. The molecule has 20 heavy (non-hydrogen) atoms. The van der Waals surface area contributed by atoms with Crippen LogP contribution in [0, 0.1) is 0 Å². The Hall–Kier alpha value is -2.16. The molecule has 3 N–H and O–H groups in total. The highest BCUT2D eigenvalue weighted by Gasteiger charge is 2.21. The summed E-state index contributed by atoms with van der Waals surface area (Å²) >= 11 is 0. The minimum Gasteiger partial charge on any atom is -0.481 e. The molecule has 1 aliphatic heterocycles. The molecule has 1 aromatic heterocycles. The maximum absolute atomic E-state index is 11.9. The number of rotatable bonds is 5. The van der Waals surface area contributed by atoms with E-state index in [9.17, 15) is 9.59 Å². The van der Waals surface area contributed by atoms with E-state index in [0.717, 1.165) is 0 Å². The molecule has 2 heterocycles. The topological polar surface area (TPSA) is 114 Å². The molecule has 2 amide bonds. The number of carbonyl (C=O) groups is 2. The van der Waals surface area contributed by atoms with Crippen LogP contribution in [0.1, 0.15) is 12.2 Å². The van der Waals surface area contributed by atoms with Crippen molar-refractivity contribution in [1.82, 2.24) is 30.3 Å². The van der Waals surface area contributed by atoms with Crippen molar-refractivity contribution in [3.63, 3.8) is 0 Å². The smallest absolute Gasteiger partial charge is 0.317 e. The van der Waals surface area contributed by atoms with Gasteiger partial charge in [0.05, 0.1) is 13.0 Å². The Bertz CT molecular complexity index is 441. The van der Waals surface area contributed by atoms with Crippen molar-refractivity contribution in [2.45, 2.75) is 13.0 Å². The van der Waals surface area contributed by atoms with Crippen molar-refractivity contribution in [3.05, 3.63) is 12.2 Å². The quantitative estimate of drug-likeness (QED) is 0.645. The second kappa shape index (κ2) is 6.85. The number of aromatic nitrogens is 3. The largest absolute Gasteiger partial charge is 0.481 e. The molecule has 1 aromatic rings. The van der Waals surface area contributed by atoms with Crippen LogP contribution in [0.5, 0.6) is 0 Å². The standard InChI is InChI=1S/C11H18N6O3/c18-10(19)1-2-16-3-5-17(6-4-16)11(20)12-7-9-13-8-14-15-9/h8H,1-7H2,(H,12,20)(H,18,19)(H,13,14,15). The molecular weight excluding hydrogens is 264 g/mol. The Morgan fingerprint density at radius 3 is 2.70 bits per heavy atom. The Kier molecular flexibility index (Phi) is 4.88. The number of hydrogen-bond donors (Lipinski definition) is 3. The average Bonchev–Trinajstić information content (AvgIpc) is 2.96. The van der Waals surface area contributed by atoms with Crippen LogP contribution in [0.25, 0.3) is 0 Å². The third-order valence-electron chi connectivity index (χ3n) is 3.17. The summed E-state index contributed by atoms with van der Waals surface area (Å²) in [6.45, 7) is 3.44. The molecule has 0 atom stereocenters. The number of H-pyrrole nitrogens is 1. The highest BCUT2D eigenvalue weighted by atomic mass is 16.4. The molecule has 1 aliphatic rings. The van der Waals surface area contributed by atoms with E-state index in [-0.39, 0.29) is 12.5 Å². The predicted octanol–water partition coefficient (Wildman–Crippen LogP) is -0.893. The summed E-state index contributed by atoms with van der Waals surface area (Å²) in [5.74, 6) is -0.185. The fraction of sp³-hybridized carbons (Fsp3) is 0.636. The van der Waals surface area contributed by atoms with Gasteiger partial charge >= 0.3 is 12.0 Å². The molecule has 9 heteroatoms. The third-order valence-corrected chi connectivity index (χ3v) is 3.17. The van der Waals surface area contributed by atoms with Gasteiger partial charge in [-0.25, -0.2) is 9.78 Å². The van der Waals surface area contributed by atoms with Crippen molar-refractivity contribution in [2.24, 2.45) is 0 Å². The number of hydrogen-bond acceptors (Lipinski definition) is 5. The van der Waals surface area contributed by atoms with Gasteiger partial charge in [0, 0.05) is 32.7 Å². The fourth-order valence-electron chi connectivity index (χ4n) is 2.02. The summed E-state index contributed by atoms with van der Waals surface area (Å²) in [4.78, 5) is 30.1. The molecule has 0 radical (unpaired) electrons. The number of nitrogens with zero attached hydrogens (tertiary/aromatic N) is 4. The lowest BCUT2D eigenvalue weighted by Crippen LogP contribution is -2.51. The maximum atomic E-state index is 11.9. The molecule has 1 saturated heterocycles. The fourth-order valence-corrected chi connectivity index (χ4v) is 2.02. The number of urea groups is 1. The molecule has 0 saturated carbocycles. The lowest BCUT2D eigenvalue weighted by Gasteiger charge is -2.34. The monoisotopic (exact) mass is 282 g/mol. The van der Waals surface area contributed by atoms with Gasteiger partial charge in [-0.2, -0.15) is 5.10 Å². The van der Waals surface area contributed by atoms with E-state index in [4.69, 9.17) is 5.11 Å². The normalized spacial score (nSPS) is 16.1. The van der Waals surface area contributed by atoms with Gasteiger partial charge in [0.1, 0.15) is 12.2 Å². The zero-order valence-electron chi connectivity index (χ0n) is 11.1. The number of aliphatic carboxylic acids is 1. The summed E-state index contributed by atoms with van der Waals surface area (Å²) < 4.78 is 0. The molecule has 0 aromatic carbocycles. The number of piperazine rings is 1. The molecule has 1 fully saturated rings. The lowest BCUT2D eigenvalue weighted by molar-refractivity contribution is -0.137.